The fourth-order valence-electron chi connectivity index (χ4n) is 1.84. The Hall–Kier alpha value is -1.99. The molecule has 0 bridgehead atoms. The van der Waals surface area contributed by atoms with E-state index < -0.39 is 0 Å². The molecule has 0 amide bonds. The minimum atomic E-state index is -0.144. The highest BCUT2D eigenvalue weighted by Crippen LogP contribution is 2.24. The van der Waals surface area contributed by atoms with E-state index in [1.807, 2.05) is 41.8 Å². The number of rotatable bonds is 4. The number of anilines is 1. The van der Waals surface area contributed by atoms with Gasteiger partial charge in [0, 0.05) is 11.4 Å². The summed E-state index contributed by atoms with van der Waals surface area (Å²) in [5, 5.41) is 10.1. The summed E-state index contributed by atoms with van der Waals surface area (Å²) in [7, 11) is 0. The maximum absolute atomic E-state index is 11.7. The number of halogens is 1. The minimum absolute atomic E-state index is 0.144. The number of hydrogen-bond donors (Lipinski definition) is 1. The normalized spacial score (nSPS) is 10.6. The molecule has 0 unspecified atom stereocenters. The Balaban J connectivity index is 2.04. The predicted molar refractivity (Wildman–Crippen MR) is 86.5 cm³/mol. The van der Waals surface area contributed by atoms with E-state index >= 15 is 0 Å². The van der Waals surface area contributed by atoms with Crippen LogP contribution in [0.3, 0.4) is 0 Å². The van der Waals surface area contributed by atoms with Crippen molar-refractivity contribution in [1.29, 1.82) is 0 Å². The molecule has 7 heteroatoms. The van der Waals surface area contributed by atoms with Crippen LogP contribution in [0.1, 0.15) is 17.5 Å². The van der Waals surface area contributed by atoms with Crippen LogP contribution in [0.5, 0.6) is 0 Å². The molecule has 0 radical (unpaired) electrons. The Bertz CT molecular complexity index is 765. The predicted octanol–water partition coefficient (Wildman–Crippen LogP) is 3.85. The summed E-state index contributed by atoms with van der Waals surface area (Å²) in [6.07, 6.45) is 0. The molecule has 1 aromatic carbocycles. The number of nitrogens with one attached hydrogen (secondary N) is 1. The maximum atomic E-state index is 11.7. The van der Waals surface area contributed by atoms with Crippen LogP contribution in [-0.4, -0.2) is 20.7 Å². The fraction of sp³-hybridized carbons (Fsp3) is 0.0714. The van der Waals surface area contributed by atoms with Crippen LogP contribution in [0.4, 0.5) is 5.69 Å². The van der Waals surface area contributed by atoms with Crippen molar-refractivity contribution in [2.45, 2.75) is 6.92 Å². The van der Waals surface area contributed by atoms with Crippen LogP contribution < -0.4 is 5.43 Å². The van der Waals surface area contributed by atoms with Crippen LogP contribution in [0, 0.1) is 0 Å². The van der Waals surface area contributed by atoms with Crippen LogP contribution in [0.2, 0.25) is 0 Å². The lowest BCUT2D eigenvalue weighted by Gasteiger charge is -2.11. The van der Waals surface area contributed by atoms with E-state index in [1.54, 1.807) is 16.0 Å². The molecular formula is C14H11BrN4OS. The fourth-order valence-corrected chi connectivity index (χ4v) is 2.80. The van der Waals surface area contributed by atoms with Crippen molar-refractivity contribution < 1.29 is 4.79 Å². The van der Waals surface area contributed by atoms with Crippen LogP contribution >= 0.6 is 27.3 Å². The molecule has 1 N–H and O–H groups in total. The molecule has 0 fully saturated rings. The number of Topliss-reactive ketones (excluding diaryl/α,β-unsaturated/α-hetero) is 1. The topological polar surface area (TPSA) is 59.8 Å². The average Bonchev–Trinajstić information content (AvgIpc) is 3.10. The highest BCUT2D eigenvalue weighted by atomic mass is 79.9. The Morgan fingerprint density at radius 3 is 2.62 bits per heavy atom. The van der Waals surface area contributed by atoms with Gasteiger partial charge in [-0.25, -0.2) is 4.68 Å². The number of carbonyl (C=O) groups is 1. The molecule has 3 aromatic rings. The first-order valence-corrected chi connectivity index (χ1v) is 7.85. The van der Waals surface area contributed by atoms with Crippen LogP contribution in [-0.2, 0) is 0 Å². The number of carbonyl (C=O) groups excluding carboxylic acids is 1. The first-order valence-electron chi connectivity index (χ1n) is 6.18. The van der Waals surface area contributed by atoms with E-state index in [9.17, 15) is 4.79 Å². The lowest BCUT2D eigenvalue weighted by atomic mass is 10.3. The number of aromatic nitrogens is 3. The van der Waals surface area contributed by atoms with E-state index in [-0.39, 0.29) is 11.6 Å². The smallest absolute Gasteiger partial charge is 0.219 e. The highest BCUT2D eigenvalue weighted by Gasteiger charge is 2.17. The van der Waals surface area contributed by atoms with Gasteiger partial charge in [-0.1, -0.05) is 22.0 Å². The minimum Gasteiger partial charge on any atom is -0.291 e. The molecule has 0 saturated heterocycles. The summed E-state index contributed by atoms with van der Waals surface area (Å²) >= 11 is 4.94. The molecule has 21 heavy (non-hydrogen) atoms. The Kier molecular flexibility index (Phi) is 3.85. The van der Waals surface area contributed by atoms with Gasteiger partial charge in [0.25, 0.3) is 0 Å². The van der Waals surface area contributed by atoms with Gasteiger partial charge in [0.1, 0.15) is 0 Å². The molecule has 3 rings (SSSR count). The molecule has 0 aliphatic carbocycles. The first kappa shape index (κ1) is 14.0. The van der Waals surface area contributed by atoms with Crippen molar-refractivity contribution >= 4 is 38.7 Å². The van der Waals surface area contributed by atoms with E-state index in [0.717, 1.165) is 15.0 Å². The Morgan fingerprint density at radius 2 is 2.00 bits per heavy atom. The SMILES string of the molecule is CC(=O)c1nnc(-c2cccs2)n1Nc1ccc(Br)cc1. The van der Waals surface area contributed by atoms with Crippen molar-refractivity contribution in [3.8, 4) is 10.7 Å². The third-order valence-corrected chi connectivity index (χ3v) is 4.20. The highest BCUT2D eigenvalue weighted by molar-refractivity contribution is 9.10. The lowest BCUT2D eigenvalue weighted by molar-refractivity contribution is 0.100. The molecule has 0 atom stereocenters. The van der Waals surface area contributed by atoms with Gasteiger partial charge >= 0.3 is 0 Å². The summed E-state index contributed by atoms with van der Waals surface area (Å²) in [4.78, 5) is 12.7. The third-order valence-electron chi connectivity index (χ3n) is 2.80. The van der Waals surface area contributed by atoms with Gasteiger partial charge in [-0.15, -0.1) is 21.5 Å². The summed E-state index contributed by atoms with van der Waals surface area (Å²) in [5.74, 6) is 0.759. The number of thiophene rings is 1. The monoisotopic (exact) mass is 362 g/mol. The van der Waals surface area contributed by atoms with Gasteiger partial charge in [0.15, 0.2) is 11.6 Å². The molecule has 2 heterocycles. The zero-order valence-corrected chi connectivity index (χ0v) is 13.5. The summed E-state index contributed by atoms with van der Waals surface area (Å²) in [6.45, 7) is 1.47. The summed E-state index contributed by atoms with van der Waals surface area (Å²) < 4.78 is 2.61. The second kappa shape index (κ2) is 5.79. The van der Waals surface area contributed by atoms with Crippen molar-refractivity contribution in [2.24, 2.45) is 0 Å². The van der Waals surface area contributed by atoms with Gasteiger partial charge in [-0.2, -0.15) is 0 Å². The maximum Gasteiger partial charge on any atom is 0.219 e. The van der Waals surface area contributed by atoms with E-state index in [0.29, 0.717) is 5.82 Å². The van der Waals surface area contributed by atoms with Gasteiger partial charge in [-0.3, -0.25) is 10.2 Å². The van der Waals surface area contributed by atoms with Crippen molar-refractivity contribution in [3.05, 3.63) is 52.1 Å². The standard InChI is InChI=1S/C14H11BrN4OS/c1-9(20)13-16-17-14(12-3-2-8-21-12)19(13)18-11-6-4-10(15)5-7-11/h2-8,18H,1H3. The molecule has 0 aliphatic heterocycles. The quantitative estimate of drug-likeness (QED) is 0.716. The molecule has 5 nitrogen and oxygen atoms in total. The lowest BCUT2D eigenvalue weighted by Crippen LogP contribution is -2.16. The van der Waals surface area contributed by atoms with Gasteiger partial charge in [-0.05, 0) is 35.7 Å². The molecule has 106 valence electrons. The van der Waals surface area contributed by atoms with E-state index in [4.69, 9.17) is 0 Å². The Morgan fingerprint density at radius 1 is 1.24 bits per heavy atom. The summed E-state index contributed by atoms with van der Waals surface area (Å²) in [6, 6.07) is 11.5. The third kappa shape index (κ3) is 2.88. The Labute approximate surface area is 133 Å². The second-order valence-corrected chi connectivity index (χ2v) is 6.20. The summed E-state index contributed by atoms with van der Waals surface area (Å²) in [5.41, 5.74) is 4.02. The van der Waals surface area contributed by atoms with E-state index in [1.165, 1.54) is 6.92 Å². The van der Waals surface area contributed by atoms with E-state index in [2.05, 4.69) is 31.6 Å². The molecule has 0 saturated carbocycles. The number of benzene rings is 1. The van der Waals surface area contributed by atoms with Crippen LogP contribution in [0.25, 0.3) is 10.7 Å². The number of hydrogen-bond acceptors (Lipinski definition) is 5. The largest absolute Gasteiger partial charge is 0.291 e. The average molecular weight is 363 g/mol. The first-order chi connectivity index (χ1) is 10.1. The second-order valence-electron chi connectivity index (χ2n) is 4.33. The van der Waals surface area contributed by atoms with Crippen LogP contribution in [0.15, 0.2) is 46.3 Å². The van der Waals surface area contributed by atoms with Crippen molar-refractivity contribution in [3.63, 3.8) is 0 Å². The van der Waals surface area contributed by atoms with Crippen molar-refractivity contribution in [2.75, 3.05) is 5.43 Å². The molecule has 0 spiro atoms. The molecule has 0 aliphatic rings. The number of nitrogens with zero attached hydrogens (tertiary/aromatic N) is 3. The van der Waals surface area contributed by atoms with Gasteiger partial charge in [0.05, 0.1) is 10.6 Å². The van der Waals surface area contributed by atoms with Gasteiger partial charge in [0.2, 0.25) is 5.82 Å². The zero-order valence-electron chi connectivity index (χ0n) is 11.1. The van der Waals surface area contributed by atoms with Crippen molar-refractivity contribution in [1.82, 2.24) is 14.9 Å². The molecular weight excluding hydrogens is 352 g/mol. The van der Waals surface area contributed by atoms with Gasteiger partial charge < -0.3 is 0 Å². The zero-order chi connectivity index (χ0) is 14.8. The number of ketones is 1. The molecule has 2 aromatic heterocycles.